The minimum absolute atomic E-state index is 0.0375. The molecule has 0 aliphatic heterocycles. The van der Waals surface area contributed by atoms with Crippen LogP contribution in [0.1, 0.15) is 0 Å². The van der Waals surface area contributed by atoms with Gasteiger partial charge in [0.25, 0.3) is 0 Å². The lowest BCUT2D eigenvalue weighted by atomic mass is 9.56. The molecule has 2 aromatic rings. The van der Waals surface area contributed by atoms with E-state index in [0.717, 1.165) is 5.31 Å². The van der Waals surface area contributed by atoms with Crippen molar-refractivity contribution in [3.8, 4) is 0 Å². The SMILES string of the molecule is [2H]N(C[B][B])c1nc(Cl)nn2c(Br)cnc12. The molecule has 9 heteroatoms. The summed E-state index contributed by atoms with van der Waals surface area (Å²) in [5.74, 6) is 0.299. The Morgan fingerprint density at radius 3 is 3.33 bits per heavy atom. The maximum Gasteiger partial charge on any atom is 0.243 e. The first kappa shape index (κ1) is 9.47. The summed E-state index contributed by atoms with van der Waals surface area (Å²) in [6, 6.07) is 0. The summed E-state index contributed by atoms with van der Waals surface area (Å²) in [5, 5.41) is 5.07. The van der Waals surface area contributed by atoms with Crippen LogP contribution in [0.4, 0.5) is 5.82 Å². The molecular weight excluding hydrogens is 279 g/mol. The standard InChI is InChI=1S/C6H4B2BrClN5/c7-8-2-12-4-5-11-1-3(9)15(5)14-6(10)13-4/h1H,2H2,(H,12,13,14)/i/hD. The van der Waals surface area contributed by atoms with E-state index in [4.69, 9.17) is 20.7 Å². The number of hydrogen-bond donors (Lipinski definition) is 1. The second-order valence-electron chi connectivity index (χ2n) is 2.60. The minimum atomic E-state index is 0.0375. The lowest BCUT2D eigenvalue weighted by Gasteiger charge is -2.05. The molecule has 0 aliphatic rings. The number of fused-ring (bicyclic) bond motifs is 1. The molecule has 0 fully saturated rings. The van der Waals surface area contributed by atoms with E-state index in [9.17, 15) is 0 Å². The van der Waals surface area contributed by atoms with Crippen LogP contribution < -0.4 is 5.31 Å². The van der Waals surface area contributed by atoms with Crippen molar-refractivity contribution >= 4 is 53.9 Å². The number of imidazole rings is 1. The van der Waals surface area contributed by atoms with E-state index >= 15 is 0 Å². The summed E-state index contributed by atoms with van der Waals surface area (Å²) < 4.78 is 9.80. The molecule has 0 saturated heterocycles. The summed E-state index contributed by atoms with van der Waals surface area (Å²) >= 11 is 9.02. The van der Waals surface area contributed by atoms with Crippen LogP contribution in [-0.4, -0.2) is 40.9 Å². The second kappa shape index (κ2) is 4.40. The first-order chi connectivity index (χ1) is 7.63. The van der Waals surface area contributed by atoms with Crippen molar-refractivity contribution in [2.24, 2.45) is 0 Å². The zero-order chi connectivity index (χ0) is 11.7. The molecule has 3 radical (unpaired) electrons. The number of nitrogens with zero attached hydrogens (tertiary/aromatic N) is 4. The number of anilines is 1. The Balaban J connectivity index is 2.59. The van der Waals surface area contributed by atoms with E-state index in [0.29, 0.717) is 16.1 Å². The molecule has 5 nitrogen and oxygen atoms in total. The normalized spacial score (nSPS) is 11.5. The fourth-order valence-electron chi connectivity index (χ4n) is 1.06. The van der Waals surface area contributed by atoms with Gasteiger partial charge in [0, 0.05) is 7.74 Å². The van der Waals surface area contributed by atoms with E-state index in [1.807, 2.05) is 0 Å². The van der Waals surface area contributed by atoms with Crippen LogP contribution in [0.25, 0.3) is 5.65 Å². The molecular formula is C6H4B2BrClN5. The Hall–Kier alpha value is -0.750. The fraction of sp³-hybridized carbons (Fsp3) is 0.167. The number of nitrogens with one attached hydrogen (secondary N) is 1. The Morgan fingerprint density at radius 1 is 1.80 bits per heavy atom. The number of rotatable bonds is 3. The largest absolute Gasteiger partial charge is 0.376 e. The highest BCUT2D eigenvalue weighted by molar-refractivity contribution is 9.10. The third kappa shape index (κ3) is 2.10. The Morgan fingerprint density at radius 2 is 2.60 bits per heavy atom. The van der Waals surface area contributed by atoms with E-state index in [-0.39, 0.29) is 11.7 Å². The smallest absolute Gasteiger partial charge is 0.243 e. The molecule has 2 heterocycles. The van der Waals surface area contributed by atoms with Crippen LogP contribution in [0.15, 0.2) is 10.8 Å². The number of hydrogen-bond acceptors (Lipinski definition) is 4. The van der Waals surface area contributed by atoms with Gasteiger partial charge in [-0.15, -0.1) is 5.10 Å². The molecule has 1 N–H and O–H groups in total. The van der Waals surface area contributed by atoms with Crippen LogP contribution in [0, 0.1) is 0 Å². The molecule has 0 aromatic carbocycles. The first-order valence-electron chi connectivity index (χ1n) is 4.45. The van der Waals surface area contributed by atoms with Gasteiger partial charge in [0.1, 0.15) is 4.60 Å². The lowest BCUT2D eigenvalue weighted by Crippen LogP contribution is -2.12. The van der Waals surface area contributed by atoms with Crippen LogP contribution in [-0.2, 0) is 0 Å². The Labute approximate surface area is 103 Å². The van der Waals surface area contributed by atoms with E-state index in [1.165, 1.54) is 11.7 Å². The van der Waals surface area contributed by atoms with Gasteiger partial charge in [-0.05, 0) is 34.0 Å². The predicted molar refractivity (Wildman–Crippen MR) is 63.5 cm³/mol. The van der Waals surface area contributed by atoms with E-state index < -0.39 is 0 Å². The summed E-state index contributed by atoms with van der Waals surface area (Å²) in [5.41, 5.74) is 0.438. The van der Waals surface area contributed by atoms with Gasteiger partial charge in [-0.25, -0.2) is 9.50 Å². The monoisotopic (exact) mass is 283 g/mol. The molecule has 0 bridgehead atoms. The highest BCUT2D eigenvalue weighted by atomic mass is 79.9. The van der Waals surface area contributed by atoms with Gasteiger partial charge in [-0.3, -0.25) is 0 Å². The third-order valence-corrected chi connectivity index (χ3v) is 2.32. The zero-order valence-electron chi connectivity index (χ0n) is 8.43. The summed E-state index contributed by atoms with van der Waals surface area (Å²) in [7, 11) is 6.60. The molecule has 2 rings (SSSR count). The van der Waals surface area contributed by atoms with Gasteiger partial charge in [0.2, 0.25) is 5.28 Å². The molecule has 0 amide bonds. The number of halogens is 2. The molecule has 0 aliphatic carbocycles. The molecule has 0 saturated carbocycles. The third-order valence-electron chi connectivity index (χ3n) is 1.62. The molecule has 73 valence electrons. The van der Waals surface area contributed by atoms with Crippen molar-refractivity contribution in [3.05, 3.63) is 16.1 Å². The van der Waals surface area contributed by atoms with Gasteiger partial charge in [-0.2, -0.15) is 4.98 Å². The van der Waals surface area contributed by atoms with Crippen molar-refractivity contribution in [1.29, 1.82) is 0 Å². The Bertz CT molecular complexity index is 523. The van der Waals surface area contributed by atoms with Crippen LogP contribution in [0.3, 0.4) is 0 Å². The van der Waals surface area contributed by atoms with Gasteiger partial charge >= 0.3 is 0 Å². The van der Waals surface area contributed by atoms with Gasteiger partial charge in [0.05, 0.1) is 13.4 Å². The molecule has 0 spiro atoms. The number of aromatic nitrogens is 4. The fourth-order valence-corrected chi connectivity index (χ4v) is 1.57. The summed E-state index contributed by atoms with van der Waals surface area (Å²) in [6.45, 7) is 0. The van der Waals surface area contributed by atoms with Crippen molar-refractivity contribution in [1.82, 2.24) is 19.6 Å². The van der Waals surface area contributed by atoms with Crippen LogP contribution in [0.5, 0.6) is 0 Å². The molecule has 15 heavy (non-hydrogen) atoms. The van der Waals surface area contributed by atoms with Crippen molar-refractivity contribution < 1.29 is 1.41 Å². The van der Waals surface area contributed by atoms with Crippen molar-refractivity contribution in [3.63, 3.8) is 0 Å². The van der Waals surface area contributed by atoms with Gasteiger partial charge < -0.3 is 5.31 Å². The van der Waals surface area contributed by atoms with E-state index in [2.05, 4.69) is 31.0 Å². The Kier molecular flexibility index (Phi) is 2.78. The van der Waals surface area contributed by atoms with Crippen molar-refractivity contribution in [2.45, 2.75) is 0 Å². The topological polar surface area (TPSA) is 55.1 Å². The maximum absolute atomic E-state index is 7.71. The van der Waals surface area contributed by atoms with Crippen LogP contribution in [0.2, 0.25) is 6.70 Å². The lowest BCUT2D eigenvalue weighted by molar-refractivity contribution is 0.883. The first-order valence-corrected chi connectivity index (χ1v) is 5.17. The minimum Gasteiger partial charge on any atom is -0.376 e. The zero-order valence-corrected chi connectivity index (χ0v) is 9.77. The predicted octanol–water partition coefficient (Wildman–Crippen LogP) is 0.697. The van der Waals surface area contributed by atoms with Crippen LogP contribution >= 0.6 is 27.5 Å². The molecule has 0 atom stereocenters. The summed E-state index contributed by atoms with van der Waals surface area (Å²) in [4.78, 5) is 8.02. The maximum atomic E-state index is 7.71. The quantitative estimate of drug-likeness (QED) is 0.843. The average molecular weight is 284 g/mol. The second-order valence-corrected chi connectivity index (χ2v) is 3.75. The average Bonchev–Trinajstić information content (AvgIpc) is 2.60. The highest BCUT2D eigenvalue weighted by Gasteiger charge is 2.09. The molecule has 2 aromatic heterocycles. The van der Waals surface area contributed by atoms with E-state index in [1.54, 1.807) is 6.20 Å². The van der Waals surface area contributed by atoms with Gasteiger partial charge in [-0.1, -0.05) is 0 Å². The van der Waals surface area contributed by atoms with Crippen molar-refractivity contribution in [2.75, 3.05) is 11.8 Å². The highest BCUT2D eigenvalue weighted by Crippen LogP contribution is 2.18. The molecule has 0 unspecified atom stereocenters. The summed E-state index contributed by atoms with van der Waals surface area (Å²) in [6.07, 6.45) is 1.78. The van der Waals surface area contributed by atoms with Gasteiger partial charge in [0.15, 0.2) is 12.9 Å².